The zero-order chi connectivity index (χ0) is 16.6. The van der Waals surface area contributed by atoms with Gasteiger partial charge in [0.25, 0.3) is 5.91 Å². The molecule has 0 unspecified atom stereocenters. The molecule has 3 N–H and O–H groups in total. The summed E-state index contributed by atoms with van der Waals surface area (Å²) in [5.41, 5.74) is 7.93. The molecule has 0 saturated heterocycles. The quantitative estimate of drug-likeness (QED) is 0.884. The molecule has 3 rings (SSSR count). The van der Waals surface area contributed by atoms with Crippen molar-refractivity contribution in [2.45, 2.75) is 32.6 Å². The molecule has 1 aliphatic carbocycles. The van der Waals surface area contributed by atoms with Crippen molar-refractivity contribution in [1.82, 2.24) is 4.98 Å². The van der Waals surface area contributed by atoms with E-state index in [2.05, 4.69) is 10.3 Å². The molecule has 2 aromatic rings. The molecule has 2 heterocycles. The van der Waals surface area contributed by atoms with E-state index in [0.29, 0.717) is 10.6 Å². The van der Waals surface area contributed by atoms with Gasteiger partial charge in [0.15, 0.2) is 0 Å². The summed E-state index contributed by atoms with van der Waals surface area (Å²) < 4.78 is 0. The first-order chi connectivity index (χ1) is 11.0. The number of nitrogens with zero attached hydrogens (tertiary/aromatic N) is 1. The van der Waals surface area contributed by atoms with Crippen molar-refractivity contribution >= 4 is 28.2 Å². The van der Waals surface area contributed by atoms with Crippen molar-refractivity contribution in [2.75, 3.05) is 5.32 Å². The van der Waals surface area contributed by atoms with Crippen molar-refractivity contribution in [3.05, 3.63) is 46.1 Å². The smallest absolute Gasteiger partial charge is 0.251 e. The van der Waals surface area contributed by atoms with E-state index in [4.69, 9.17) is 5.73 Å². The number of carbonyl (C=O) groups excluding carboxylic acids is 2. The summed E-state index contributed by atoms with van der Waals surface area (Å²) in [5, 5.41) is 3.49. The SMILES string of the molecule is CCc1sc(NC(=O)[C@@H]2C[C@H]2c2ccncc2)c(C(N)=O)c1C. The van der Waals surface area contributed by atoms with Crippen molar-refractivity contribution in [2.24, 2.45) is 11.7 Å². The summed E-state index contributed by atoms with van der Waals surface area (Å²) in [6, 6.07) is 3.88. The fourth-order valence-corrected chi connectivity index (χ4v) is 4.10. The van der Waals surface area contributed by atoms with Crippen LogP contribution in [-0.4, -0.2) is 16.8 Å². The Hall–Kier alpha value is -2.21. The maximum Gasteiger partial charge on any atom is 0.251 e. The molecule has 5 nitrogen and oxygen atoms in total. The van der Waals surface area contributed by atoms with Crippen LogP contribution in [-0.2, 0) is 11.2 Å². The Kier molecular flexibility index (Phi) is 4.17. The zero-order valence-corrected chi connectivity index (χ0v) is 13.9. The molecule has 6 heteroatoms. The van der Waals surface area contributed by atoms with E-state index in [1.807, 2.05) is 26.0 Å². The number of aromatic nitrogens is 1. The molecular formula is C17H19N3O2S. The molecule has 0 radical (unpaired) electrons. The van der Waals surface area contributed by atoms with Gasteiger partial charge in [0, 0.05) is 23.2 Å². The van der Waals surface area contributed by atoms with Crippen molar-refractivity contribution < 1.29 is 9.59 Å². The van der Waals surface area contributed by atoms with Gasteiger partial charge in [-0.25, -0.2) is 0 Å². The number of anilines is 1. The Labute approximate surface area is 138 Å². The Balaban J connectivity index is 1.76. The van der Waals surface area contributed by atoms with Crippen LogP contribution in [0.5, 0.6) is 0 Å². The fraction of sp³-hybridized carbons (Fsp3) is 0.353. The first kappa shape index (κ1) is 15.7. The molecule has 2 aromatic heterocycles. The van der Waals surface area contributed by atoms with Gasteiger partial charge in [-0.15, -0.1) is 11.3 Å². The predicted molar refractivity (Wildman–Crippen MR) is 90.7 cm³/mol. The molecule has 1 saturated carbocycles. The number of primary amides is 1. The third-order valence-corrected chi connectivity index (χ3v) is 5.66. The Morgan fingerprint density at radius 3 is 2.70 bits per heavy atom. The number of aryl methyl sites for hydroxylation is 1. The molecule has 0 spiro atoms. The standard InChI is InChI=1S/C17H19N3O2S/c1-3-13-9(2)14(15(18)21)17(23-13)20-16(22)12-8-11(12)10-4-6-19-7-5-10/h4-7,11-12H,3,8H2,1-2H3,(H2,18,21)(H,20,22)/t11-,12+/m0/s1. The lowest BCUT2D eigenvalue weighted by molar-refractivity contribution is -0.117. The highest BCUT2D eigenvalue weighted by molar-refractivity contribution is 7.17. The topological polar surface area (TPSA) is 85.1 Å². The molecule has 120 valence electrons. The Morgan fingerprint density at radius 2 is 2.09 bits per heavy atom. The van der Waals surface area contributed by atoms with Crippen LogP contribution in [0.3, 0.4) is 0 Å². The van der Waals surface area contributed by atoms with E-state index in [9.17, 15) is 9.59 Å². The van der Waals surface area contributed by atoms with Crippen LogP contribution in [0.2, 0.25) is 0 Å². The van der Waals surface area contributed by atoms with Crippen LogP contribution < -0.4 is 11.1 Å². The highest BCUT2D eigenvalue weighted by atomic mass is 32.1. The molecule has 23 heavy (non-hydrogen) atoms. The molecule has 2 atom stereocenters. The lowest BCUT2D eigenvalue weighted by Gasteiger charge is -2.05. The summed E-state index contributed by atoms with van der Waals surface area (Å²) in [6.07, 6.45) is 5.12. The lowest BCUT2D eigenvalue weighted by atomic mass is 10.1. The number of rotatable bonds is 5. The number of hydrogen-bond donors (Lipinski definition) is 2. The number of nitrogens with two attached hydrogens (primary N) is 1. The number of carbonyl (C=O) groups is 2. The minimum Gasteiger partial charge on any atom is -0.365 e. The third kappa shape index (κ3) is 2.99. The second-order valence-corrected chi connectivity index (χ2v) is 6.90. The van der Waals surface area contributed by atoms with E-state index in [1.165, 1.54) is 11.3 Å². The maximum atomic E-state index is 12.5. The number of amides is 2. The van der Waals surface area contributed by atoms with Gasteiger partial charge < -0.3 is 11.1 Å². The lowest BCUT2D eigenvalue weighted by Crippen LogP contribution is -2.18. The van der Waals surface area contributed by atoms with Crippen LogP contribution in [0.4, 0.5) is 5.00 Å². The minimum absolute atomic E-state index is 0.0433. The average Bonchev–Trinajstić information content (AvgIpc) is 3.27. The molecular weight excluding hydrogens is 310 g/mol. The second-order valence-electron chi connectivity index (χ2n) is 5.79. The average molecular weight is 329 g/mol. The van der Waals surface area contributed by atoms with Crippen LogP contribution >= 0.6 is 11.3 Å². The Morgan fingerprint density at radius 1 is 1.39 bits per heavy atom. The number of hydrogen-bond acceptors (Lipinski definition) is 4. The molecule has 1 aliphatic rings. The summed E-state index contributed by atoms with van der Waals surface area (Å²) in [5.74, 6) is -0.346. The van der Waals surface area contributed by atoms with Gasteiger partial charge in [0.1, 0.15) is 5.00 Å². The largest absolute Gasteiger partial charge is 0.365 e. The molecule has 0 aliphatic heterocycles. The normalized spacial score (nSPS) is 19.4. The minimum atomic E-state index is -0.491. The Bertz CT molecular complexity index is 755. The number of pyridine rings is 1. The van der Waals surface area contributed by atoms with Gasteiger partial charge in [-0.05, 0) is 48.9 Å². The first-order valence-electron chi connectivity index (χ1n) is 7.65. The highest BCUT2D eigenvalue weighted by Crippen LogP contribution is 2.48. The number of thiophene rings is 1. The molecule has 0 aromatic carbocycles. The van der Waals surface area contributed by atoms with Gasteiger partial charge in [0.2, 0.25) is 5.91 Å². The van der Waals surface area contributed by atoms with E-state index >= 15 is 0 Å². The van der Waals surface area contributed by atoms with Crippen LogP contribution in [0.15, 0.2) is 24.5 Å². The van der Waals surface area contributed by atoms with E-state index in [-0.39, 0.29) is 17.7 Å². The van der Waals surface area contributed by atoms with Crippen LogP contribution in [0.25, 0.3) is 0 Å². The van der Waals surface area contributed by atoms with E-state index in [1.54, 1.807) is 12.4 Å². The zero-order valence-electron chi connectivity index (χ0n) is 13.1. The molecule has 2 amide bonds. The van der Waals surface area contributed by atoms with Gasteiger partial charge in [-0.3, -0.25) is 14.6 Å². The third-order valence-electron chi connectivity index (χ3n) is 4.31. The summed E-state index contributed by atoms with van der Waals surface area (Å²) in [4.78, 5) is 29.2. The van der Waals surface area contributed by atoms with E-state index < -0.39 is 5.91 Å². The monoisotopic (exact) mass is 329 g/mol. The highest BCUT2D eigenvalue weighted by Gasteiger charge is 2.44. The number of nitrogens with one attached hydrogen (secondary N) is 1. The first-order valence-corrected chi connectivity index (χ1v) is 8.47. The summed E-state index contributed by atoms with van der Waals surface area (Å²) in [7, 11) is 0. The van der Waals surface area contributed by atoms with Crippen LogP contribution in [0.1, 0.15) is 45.6 Å². The van der Waals surface area contributed by atoms with Gasteiger partial charge >= 0.3 is 0 Å². The van der Waals surface area contributed by atoms with E-state index in [0.717, 1.165) is 28.8 Å². The second kappa shape index (κ2) is 6.12. The molecule has 1 fully saturated rings. The van der Waals surface area contributed by atoms with Gasteiger partial charge in [0.05, 0.1) is 5.56 Å². The predicted octanol–water partition coefficient (Wildman–Crippen LogP) is 2.86. The maximum absolute atomic E-state index is 12.5. The molecule has 0 bridgehead atoms. The van der Waals surface area contributed by atoms with Crippen molar-refractivity contribution in [1.29, 1.82) is 0 Å². The van der Waals surface area contributed by atoms with Gasteiger partial charge in [-0.1, -0.05) is 6.92 Å². The van der Waals surface area contributed by atoms with Crippen molar-refractivity contribution in [3.8, 4) is 0 Å². The summed E-state index contributed by atoms with van der Waals surface area (Å²) in [6.45, 7) is 3.90. The van der Waals surface area contributed by atoms with Gasteiger partial charge in [-0.2, -0.15) is 0 Å². The fourth-order valence-electron chi connectivity index (χ4n) is 2.95. The summed E-state index contributed by atoms with van der Waals surface area (Å²) >= 11 is 1.44. The van der Waals surface area contributed by atoms with Crippen molar-refractivity contribution in [3.63, 3.8) is 0 Å². The van der Waals surface area contributed by atoms with Crippen LogP contribution in [0, 0.1) is 12.8 Å².